The summed E-state index contributed by atoms with van der Waals surface area (Å²) in [6.07, 6.45) is -2.34. The maximum Gasteiger partial charge on any atom is 0.401 e. The zero-order valence-electron chi connectivity index (χ0n) is 14.9. The second-order valence-electron chi connectivity index (χ2n) is 6.62. The van der Waals surface area contributed by atoms with Crippen molar-refractivity contribution in [3.8, 4) is 0 Å². The second-order valence-corrected chi connectivity index (χ2v) is 7.54. The summed E-state index contributed by atoms with van der Waals surface area (Å²) in [5.74, 6) is 5.33. The molecule has 0 amide bonds. The van der Waals surface area contributed by atoms with E-state index >= 15 is 0 Å². The van der Waals surface area contributed by atoms with Crippen molar-refractivity contribution in [1.82, 2.24) is 9.88 Å². The molecule has 2 heterocycles. The van der Waals surface area contributed by atoms with Crippen LogP contribution in [0.25, 0.3) is 0 Å². The van der Waals surface area contributed by atoms with Crippen LogP contribution in [0.4, 0.5) is 13.2 Å². The number of nitrogens with zero attached hydrogens (tertiary/aromatic N) is 4. The molecule has 6 nitrogen and oxygen atoms in total. The average Bonchev–Trinajstić information content (AvgIpc) is 2.63. The Hall–Kier alpha value is -2.33. The van der Waals surface area contributed by atoms with E-state index in [1.165, 1.54) is 4.90 Å². The van der Waals surface area contributed by atoms with Gasteiger partial charge in [-0.25, -0.2) is 5.53 Å². The molecule has 0 radical (unpaired) electrons. The van der Waals surface area contributed by atoms with E-state index in [-0.39, 0.29) is 11.9 Å². The minimum absolute atomic E-state index is 0.0616. The number of halogens is 4. The Balaban J connectivity index is 2.13. The second kappa shape index (κ2) is 7.96. The average molecular weight is 455 g/mol. The smallest absolute Gasteiger partial charge is 0.321 e. The van der Waals surface area contributed by atoms with Gasteiger partial charge in [0.15, 0.2) is 5.84 Å². The van der Waals surface area contributed by atoms with Gasteiger partial charge in [0, 0.05) is 22.3 Å². The van der Waals surface area contributed by atoms with E-state index in [2.05, 4.69) is 31.1 Å². The fourth-order valence-corrected chi connectivity index (χ4v) is 3.79. The molecular formula is C18H18BrF3N6. The SMILES string of the molecule is C[C@@H]1Cc2cc(C(N=N)=NN)ccc2C(c2ccc(Br)cn2)N1CC(F)(F)F. The fraction of sp³-hybridized carbons (Fsp3) is 0.333. The van der Waals surface area contributed by atoms with Gasteiger partial charge in [-0.3, -0.25) is 9.88 Å². The van der Waals surface area contributed by atoms with Gasteiger partial charge >= 0.3 is 6.18 Å². The number of benzene rings is 1. The first-order valence-electron chi connectivity index (χ1n) is 8.46. The van der Waals surface area contributed by atoms with Crippen LogP contribution in [0.2, 0.25) is 0 Å². The number of hydrogen-bond donors (Lipinski definition) is 2. The van der Waals surface area contributed by atoms with E-state index in [0.29, 0.717) is 17.7 Å². The molecule has 2 aromatic rings. The Kier molecular flexibility index (Phi) is 5.80. The quantitative estimate of drug-likeness (QED) is 0.237. The lowest BCUT2D eigenvalue weighted by Gasteiger charge is -2.42. The van der Waals surface area contributed by atoms with Crippen molar-refractivity contribution in [2.75, 3.05) is 6.54 Å². The molecule has 3 N–H and O–H groups in total. The van der Waals surface area contributed by atoms with Gasteiger partial charge in [-0.05, 0) is 58.6 Å². The van der Waals surface area contributed by atoms with Crippen molar-refractivity contribution >= 4 is 21.8 Å². The molecular weight excluding hydrogens is 437 g/mol. The van der Waals surface area contributed by atoms with Crippen molar-refractivity contribution in [2.24, 2.45) is 16.1 Å². The topological polar surface area (TPSA) is 90.7 Å². The minimum atomic E-state index is -4.33. The maximum absolute atomic E-state index is 13.3. The number of aromatic nitrogens is 1. The van der Waals surface area contributed by atoms with Gasteiger partial charge in [0.2, 0.25) is 0 Å². The lowest BCUT2D eigenvalue weighted by molar-refractivity contribution is -0.155. The summed E-state index contributed by atoms with van der Waals surface area (Å²) in [5, 5.41) is 6.77. The summed E-state index contributed by atoms with van der Waals surface area (Å²) in [5.41, 5.74) is 9.85. The molecule has 2 atom stereocenters. The Bertz CT molecular complexity index is 897. The van der Waals surface area contributed by atoms with Crippen LogP contribution >= 0.6 is 15.9 Å². The van der Waals surface area contributed by atoms with E-state index in [9.17, 15) is 13.2 Å². The highest BCUT2D eigenvalue weighted by atomic mass is 79.9. The predicted octanol–water partition coefficient (Wildman–Crippen LogP) is 4.39. The molecule has 1 unspecified atom stereocenters. The molecule has 0 saturated carbocycles. The Labute approximate surface area is 168 Å². The number of pyridine rings is 1. The van der Waals surface area contributed by atoms with Crippen LogP contribution in [0.5, 0.6) is 0 Å². The van der Waals surface area contributed by atoms with Crippen molar-refractivity contribution < 1.29 is 13.2 Å². The standard InChI is InChI=1S/C18H18BrF3N6/c1-10-6-12-7-11(17(26-23)27-24)2-4-14(12)16(28(10)9-18(20,21)22)15-5-3-13(19)8-25-15/h2-5,7-8,10,16,23H,6,9,24H2,1H3/t10-,16?/m1/s1. The Morgan fingerprint density at radius 1 is 1.36 bits per heavy atom. The monoisotopic (exact) mass is 454 g/mol. The number of nitrogens with two attached hydrogens (primary N) is 1. The lowest BCUT2D eigenvalue weighted by Crippen LogP contribution is -2.47. The lowest BCUT2D eigenvalue weighted by atomic mass is 9.85. The summed E-state index contributed by atoms with van der Waals surface area (Å²) in [6, 6.07) is 7.66. The first-order chi connectivity index (χ1) is 13.2. The number of hydrazone groups is 1. The molecule has 28 heavy (non-hydrogen) atoms. The van der Waals surface area contributed by atoms with Crippen LogP contribution in [-0.4, -0.2) is 34.5 Å². The molecule has 0 fully saturated rings. The van der Waals surface area contributed by atoms with E-state index in [1.807, 2.05) is 0 Å². The van der Waals surface area contributed by atoms with Crippen molar-refractivity contribution in [3.63, 3.8) is 0 Å². The van der Waals surface area contributed by atoms with Gasteiger partial charge < -0.3 is 5.84 Å². The molecule has 1 aliphatic rings. The van der Waals surface area contributed by atoms with Crippen LogP contribution in [0, 0.1) is 5.53 Å². The van der Waals surface area contributed by atoms with Crippen LogP contribution in [0.15, 0.2) is 51.2 Å². The van der Waals surface area contributed by atoms with Crippen LogP contribution in [0.1, 0.15) is 35.3 Å². The summed E-state index contributed by atoms with van der Waals surface area (Å²) < 4.78 is 40.6. The van der Waals surface area contributed by atoms with Gasteiger partial charge in [0.1, 0.15) is 0 Å². The number of alkyl halides is 3. The molecule has 0 bridgehead atoms. The predicted molar refractivity (Wildman–Crippen MR) is 102 cm³/mol. The zero-order chi connectivity index (χ0) is 20.5. The third-order valence-corrected chi connectivity index (χ3v) is 5.20. The maximum atomic E-state index is 13.3. The number of nitrogens with one attached hydrogen (secondary N) is 1. The summed E-state index contributed by atoms with van der Waals surface area (Å²) >= 11 is 3.31. The van der Waals surface area contributed by atoms with E-state index in [4.69, 9.17) is 11.4 Å². The number of amidine groups is 1. The highest BCUT2D eigenvalue weighted by molar-refractivity contribution is 9.10. The summed E-state index contributed by atoms with van der Waals surface area (Å²) in [4.78, 5) is 5.78. The van der Waals surface area contributed by atoms with Gasteiger partial charge in [-0.2, -0.15) is 18.3 Å². The molecule has 10 heteroatoms. The Morgan fingerprint density at radius 3 is 2.68 bits per heavy atom. The normalized spacial score (nSPS) is 20.7. The molecule has 1 aromatic carbocycles. The highest BCUT2D eigenvalue weighted by Gasteiger charge is 2.41. The van der Waals surface area contributed by atoms with E-state index < -0.39 is 18.8 Å². The Morgan fingerprint density at radius 2 is 2.11 bits per heavy atom. The number of fused-ring (bicyclic) bond motifs is 1. The molecule has 1 aromatic heterocycles. The molecule has 0 saturated heterocycles. The largest absolute Gasteiger partial charge is 0.401 e. The highest BCUT2D eigenvalue weighted by Crippen LogP contribution is 2.39. The number of rotatable bonds is 3. The fourth-order valence-electron chi connectivity index (χ4n) is 3.56. The zero-order valence-corrected chi connectivity index (χ0v) is 16.5. The third kappa shape index (κ3) is 4.22. The molecule has 0 spiro atoms. The van der Waals surface area contributed by atoms with Crippen molar-refractivity contribution in [3.05, 3.63) is 63.4 Å². The van der Waals surface area contributed by atoms with Crippen LogP contribution in [-0.2, 0) is 6.42 Å². The molecule has 148 valence electrons. The number of hydrogen-bond acceptors (Lipinski definition) is 5. The van der Waals surface area contributed by atoms with Gasteiger partial charge in [-0.1, -0.05) is 12.1 Å². The third-order valence-electron chi connectivity index (χ3n) is 4.73. The van der Waals surface area contributed by atoms with Crippen molar-refractivity contribution in [1.29, 1.82) is 5.53 Å². The van der Waals surface area contributed by atoms with Crippen LogP contribution < -0.4 is 5.84 Å². The summed E-state index contributed by atoms with van der Waals surface area (Å²) in [7, 11) is 0. The molecule has 1 aliphatic heterocycles. The molecule has 0 aliphatic carbocycles. The first kappa shape index (κ1) is 20.4. The van der Waals surface area contributed by atoms with Crippen LogP contribution in [0.3, 0.4) is 0 Å². The summed E-state index contributed by atoms with van der Waals surface area (Å²) in [6.45, 7) is 0.731. The van der Waals surface area contributed by atoms with E-state index in [1.54, 1.807) is 43.5 Å². The van der Waals surface area contributed by atoms with Gasteiger partial charge in [0.05, 0.1) is 18.3 Å². The minimum Gasteiger partial charge on any atom is -0.321 e. The first-order valence-corrected chi connectivity index (χ1v) is 9.25. The van der Waals surface area contributed by atoms with Crippen molar-refractivity contribution in [2.45, 2.75) is 31.6 Å². The molecule has 3 rings (SSSR count). The van der Waals surface area contributed by atoms with Gasteiger partial charge in [-0.15, -0.1) is 5.11 Å². The van der Waals surface area contributed by atoms with Gasteiger partial charge in [0.25, 0.3) is 0 Å². The van der Waals surface area contributed by atoms with E-state index in [0.717, 1.165) is 15.6 Å².